The zero-order chi connectivity index (χ0) is 8.81. The largest absolute Gasteiger partial charge is 0.467 e. The van der Waals surface area contributed by atoms with Crippen molar-refractivity contribution < 1.29 is 4.42 Å². The van der Waals surface area contributed by atoms with Gasteiger partial charge in [0.1, 0.15) is 10.3 Å². The van der Waals surface area contributed by atoms with Gasteiger partial charge in [-0.1, -0.05) is 13.8 Å². The molecule has 3 heteroatoms. The number of furan rings is 1. The van der Waals surface area contributed by atoms with E-state index in [1.54, 1.807) is 6.26 Å². The highest BCUT2D eigenvalue weighted by Gasteiger charge is 2.12. The minimum atomic E-state index is 0.481. The van der Waals surface area contributed by atoms with Crippen molar-refractivity contribution >= 4 is 23.5 Å². The molecule has 0 spiro atoms. The normalized spacial score (nSPS) is 10.9. The van der Waals surface area contributed by atoms with E-state index in [1.807, 2.05) is 29.6 Å². The number of thioether (sulfide) groups is 2. The van der Waals surface area contributed by atoms with Crippen LogP contribution >= 0.6 is 23.5 Å². The van der Waals surface area contributed by atoms with Crippen molar-refractivity contribution in [2.24, 2.45) is 0 Å². The SMILES string of the molecule is CCSC(SCC)c1ccco1. The van der Waals surface area contributed by atoms with E-state index in [1.165, 1.54) is 0 Å². The summed E-state index contributed by atoms with van der Waals surface area (Å²) in [6, 6.07) is 4.00. The molecular weight excluding hydrogens is 188 g/mol. The van der Waals surface area contributed by atoms with Crippen molar-refractivity contribution in [3.63, 3.8) is 0 Å². The highest BCUT2D eigenvalue weighted by Crippen LogP contribution is 2.38. The van der Waals surface area contributed by atoms with Gasteiger partial charge in [0.05, 0.1) is 6.26 Å². The first-order valence-corrected chi connectivity index (χ1v) is 6.24. The standard InChI is InChI=1S/C9H14OS2/c1-3-11-9(12-4-2)8-6-5-7-10-8/h5-7,9H,3-4H2,1-2H3. The molecule has 0 aliphatic carbocycles. The summed E-state index contributed by atoms with van der Waals surface area (Å²) in [7, 11) is 0. The summed E-state index contributed by atoms with van der Waals surface area (Å²) in [5, 5.41) is 0. The predicted molar refractivity (Wildman–Crippen MR) is 57.7 cm³/mol. The van der Waals surface area contributed by atoms with Crippen LogP contribution in [0.15, 0.2) is 22.8 Å². The summed E-state index contributed by atoms with van der Waals surface area (Å²) < 4.78 is 5.84. The third-order valence-corrected chi connectivity index (χ3v) is 3.96. The third kappa shape index (κ3) is 2.79. The molecule has 1 nitrogen and oxygen atoms in total. The smallest absolute Gasteiger partial charge is 0.126 e. The second-order valence-electron chi connectivity index (χ2n) is 2.26. The Kier molecular flexibility index (Phi) is 4.69. The molecule has 0 aromatic carbocycles. The first kappa shape index (κ1) is 10.1. The Morgan fingerprint density at radius 2 is 2.00 bits per heavy atom. The van der Waals surface area contributed by atoms with Crippen LogP contribution in [0.5, 0.6) is 0 Å². The predicted octanol–water partition coefficient (Wildman–Crippen LogP) is 3.78. The van der Waals surface area contributed by atoms with E-state index >= 15 is 0 Å². The molecule has 1 heterocycles. The van der Waals surface area contributed by atoms with Crippen LogP contribution in [0.2, 0.25) is 0 Å². The van der Waals surface area contributed by atoms with Crippen LogP contribution in [0, 0.1) is 0 Å². The molecule has 1 aromatic heterocycles. The molecule has 0 radical (unpaired) electrons. The maximum atomic E-state index is 5.36. The van der Waals surface area contributed by atoms with Crippen LogP contribution in [0.3, 0.4) is 0 Å². The lowest BCUT2D eigenvalue weighted by Crippen LogP contribution is -1.87. The minimum Gasteiger partial charge on any atom is -0.467 e. The lowest BCUT2D eigenvalue weighted by molar-refractivity contribution is 0.528. The lowest BCUT2D eigenvalue weighted by atomic mass is 10.5. The van der Waals surface area contributed by atoms with E-state index < -0.39 is 0 Å². The highest BCUT2D eigenvalue weighted by molar-refractivity contribution is 8.16. The van der Waals surface area contributed by atoms with Gasteiger partial charge in [-0.05, 0) is 23.6 Å². The molecule has 0 bridgehead atoms. The zero-order valence-electron chi connectivity index (χ0n) is 7.45. The first-order valence-electron chi connectivity index (χ1n) is 4.15. The Morgan fingerprint density at radius 1 is 1.33 bits per heavy atom. The summed E-state index contributed by atoms with van der Waals surface area (Å²) in [4.78, 5) is 0. The molecule has 0 atom stereocenters. The van der Waals surface area contributed by atoms with Crippen molar-refractivity contribution in [1.29, 1.82) is 0 Å². The molecule has 1 aromatic rings. The van der Waals surface area contributed by atoms with Gasteiger partial charge in [0.2, 0.25) is 0 Å². The van der Waals surface area contributed by atoms with Gasteiger partial charge in [-0.25, -0.2) is 0 Å². The maximum Gasteiger partial charge on any atom is 0.126 e. The van der Waals surface area contributed by atoms with Crippen LogP contribution in [0.4, 0.5) is 0 Å². The minimum absolute atomic E-state index is 0.481. The van der Waals surface area contributed by atoms with Crippen molar-refractivity contribution in [2.75, 3.05) is 11.5 Å². The number of hydrogen-bond donors (Lipinski definition) is 0. The molecule has 0 saturated heterocycles. The van der Waals surface area contributed by atoms with Crippen LogP contribution in [0.1, 0.15) is 24.2 Å². The second kappa shape index (κ2) is 5.60. The Labute approximate surface area is 82.3 Å². The second-order valence-corrected chi connectivity index (χ2v) is 5.32. The van der Waals surface area contributed by atoms with Crippen LogP contribution in [-0.4, -0.2) is 11.5 Å². The van der Waals surface area contributed by atoms with E-state index in [4.69, 9.17) is 4.42 Å². The molecular formula is C9H14OS2. The van der Waals surface area contributed by atoms with Crippen LogP contribution < -0.4 is 0 Å². The summed E-state index contributed by atoms with van der Waals surface area (Å²) in [5.41, 5.74) is 0. The molecule has 0 amide bonds. The Balaban J connectivity index is 2.53. The summed E-state index contributed by atoms with van der Waals surface area (Å²) in [5.74, 6) is 3.37. The first-order chi connectivity index (χ1) is 5.88. The van der Waals surface area contributed by atoms with Crippen molar-refractivity contribution in [3.05, 3.63) is 24.2 Å². The van der Waals surface area contributed by atoms with Crippen LogP contribution in [0.25, 0.3) is 0 Å². The fourth-order valence-corrected chi connectivity index (χ4v) is 3.34. The molecule has 0 N–H and O–H groups in total. The van der Waals surface area contributed by atoms with Gasteiger partial charge in [0, 0.05) is 0 Å². The Morgan fingerprint density at radius 3 is 2.42 bits per heavy atom. The fraction of sp³-hybridized carbons (Fsp3) is 0.556. The van der Waals surface area contributed by atoms with Crippen molar-refractivity contribution in [2.45, 2.75) is 18.4 Å². The van der Waals surface area contributed by atoms with Gasteiger partial charge < -0.3 is 4.42 Å². The van der Waals surface area contributed by atoms with E-state index in [9.17, 15) is 0 Å². The summed E-state index contributed by atoms with van der Waals surface area (Å²) in [6.07, 6.45) is 1.74. The summed E-state index contributed by atoms with van der Waals surface area (Å²) >= 11 is 3.86. The fourth-order valence-electron chi connectivity index (χ4n) is 0.941. The Bertz CT molecular complexity index is 190. The Hall–Kier alpha value is -0.0200. The molecule has 0 saturated carbocycles. The van der Waals surface area contributed by atoms with E-state index in [2.05, 4.69) is 19.9 Å². The molecule has 12 heavy (non-hydrogen) atoms. The van der Waals surface area contributed by atoms with Gasteiger partial charge in [0.25, 0.3) is 0 Å². The molecule has 1 rings (SSSR count). The van der Waals surface area contributed by atoms with Gasteiger partial charge in [-0.2, -0.15) is 0 Å². The maximum absolute atomic E-state index is 5.36. The van der Waals surface area contributed by atoms with Gasteiger partial charge >= 0.3 is 0 Å². The van der Waals surface area contributed by atoms with Crippen molar-refractivity contribution in [1.82, 2.24) is 0 Å². The van der Waals surface area contributed by atoms with Gasteiger partial charge in [-0.3, -0.25) is 0 Å². The number of rotatable bonds is 5. The molecule has 0 aliphatic rings. The van der Waals surface area contributed by atoms with E-state index in [0.717, 1.165) is 17.3 Å². The molecule has 0 fully saturated rings. The number of hydrogen-bond acceptors (Lipinski definition) is 3. The van der Waals surface area contributed by atoms with E-state index in [-0.39, 0.29) is 0 Å². The van der Waals surface area contributed by atoms with E-state index in [0.29, 0.717) is 4.58 Å². The average Bonchev–Trinajstić information content (AvgIpc) is 2.56. The third-order valence-electron chi connectivity index (χ3n) is 1.41. The summed E-state index contributed by atoms with van der Waals surface area (Å²) in [6.45, 7) is 4.35. The zero-order valence-corrected chi connectivity index (χ0v) is 9.08. The molecule has 0 aliphatic heterocycles. The molecule has 68 valence electrons. The average molecular weight is 202 g/mol. The van der Waals surface area contributed by atoms with Crippen LogP contribution in [-0.2, 0) is 0 Å². The lowest BCUT2D eigenvalue weighted by Gasteiger charge is -2.10. The monoisotopic (exact) mass is 202 g/mol. The highest BCUT2D eigenvalue weighted by atomic mass is 32.2. The topological polar surface area (TPSA) is 13.1 Å². The van der Waals surface area contributed by atoms with Gasteiger partial charge in [0.15, 0.2) is 0 Å². The van der Waals surface area contributed by atoms with Crippen molar-refractivity contribution in [3.8, 4) is 0 Å². The van der Waals surface area contributed by atoms with Gasteiger partial charge in [-0.15, -0.1) is 23.5 Å². The molecule has 0 unspecified atom stereocenters. The quantitative estimate of drug-likeness (QED) is 0.674.